The van der Waals surface area contributed by atoms with Gasteiger partial charge in [-0.05, 0) is 43.7 Å². The molecule has 0 bridgehead atoms. The quantitative estimate of drug-likeness (QED) is 0.499. The van der Waals surface area contributed by atoms with E-state index in [2.05, 4.69) is 64.1 Å². The molecule has 1 aliphatic heterocycles. The van der Waals surface area contributed by atoms with Crippen molar-refractivity contribution in [2.75, 3.05) is 0 Å². The third-order valence-corrected chi connectivity index (χ3v) is 6.07. The Morgan fingerprint density at radius 3 is 2.52 bits per heavy atom. The van der Waals surface area contributed by atoms with E-state index in [-0.39, 0.29) is 11.0 Å². The zero-order valence-corrected chi connectivity index (χ0v) is 15.8. The van der Waals surface area contributed by atoms with Crippen LogP contribution in [0.25, 0.3) is 11.0 Å². The van der Waals surface area contributed by atoms with Crippen molar-refractivity contribution in [3.63, 3.8) is 0 Å². The van der Waals surface area contributed by atoms with Crippen LogP contribution < -0.4 is 0 Å². The summed E-state index contributed by atoms with van der Waals surface area (Å²) in [5.41, 5.74) is 5.20. The van der Waals surface area contributed by atoms with E-state index in [1.165, 1.54) is 11.1 Å². The highest BCUT2D eigenvalue weighted by molar-refractivity contribution is 7.71. The first-order chi connectivity index (χ1) is 11.8. The fourth-order valence-electron chi connectivity index (χ4n) is 3.50. The van der Waals surface area contributed by atoms with Crippen LogP contribution in [-0.4, -0.2) is 11.3 Å². The fraction of sp³-hybridized carbons (Fsp3) is 0.273. The second kappa shape index (κ2) is 5.37. The molecule has 1 aliphatic rings. The molecule has 25 heavy (non-hydrogen) atoms. The van der Waals surface area contributed by atoms with Gasteiger partial charge < -0.3 is 4.42 Å². The number of rotatable bonds is 1. The normalized spacial score (nSPS) is 17.8. The lowest BCUT2D eigenvalue weighted by molar-refractivity contribution is 0.303. The van der Waals surface area contributed by atoms with Gasteiger partial charge in [-0.3, -0.25) is 4.99 Å². The third-order valence-electron chi connectivity index (χ3n) is 5.71. The van der Waals surface area contributed by atoms with E-state index in [1.54, 1.807) is 6.26 Å². The Kier molecular flexibility index (Phi) is 3.48. The zero-order chi connectivity index (χ0) is 17.8. The summed E-state index contributed by atoms with van der Waals surface area (Å²) in [4.78, 5) is 5.17. The molecule has 0 saturated heterocycles. The maximum Gasteiger partial charge on any atom is 0.135 e. The molecule has 0 aliphatic carbocycles. The Labute approximate surface area is 153 Å². The predicted molar refractivity (Wildman–Crippen MR) is 106 cm³/mol. The van der Waals surface area contributed by atoms with Crippen LogP contribution in [0.5, 0.6) is 0 Å². The second-order valence-corrected chi connectivity index (χ2v) is 8.13. The van der Waals surface area contributed by atoms with Gasteiger partial charge in [0.2, 0.25) is 0 Å². The number of nitrogens with zero attached hydrogens (tertiary/aromatic N) is 1. The summed E-state index contributed by atoms with van der Waals surface area (Å²) in [5, 5.41) is 0.956. The van der Waals surface area contributed by atoms with Crippen LogP contribution in [0, 0.1) is 4.51 Å². The highest BCUT2D eigenvalue weighted by Gasteiger charge is 2.43. The van der Waals surface area contributed by atoms with Crippen molar-refractivity contribution in [2.24, 2.45) is 4.99 Å². The smallest absolute Gasteiger partial charge is 0.135 e. The van der Waals surface area contributed by atoms with Crippen LogP contribution in [0.15, 0.2) is 64.2 Å². The topological polar surface area (TPSA) is 25.5 Å². The van der Waals surface area contributed by atoms with E-state index in [9.17, 15) is 0 Å². The summed E-state index contributed by atoms with van der Waals surface area (Å²) in [6.07, 6.45) is 1.64. The van der Waals surface area contributed by atoms with Crippen LogP contribution in [0.1, 0.15) is 44.4 Å². The minimum atomic E-state index is -0.205. The van der Waals surface area contributed by atoms with Gasteiger partial charge in [-0.15, -0.1) is 0 Å². The maximum absolute atomic E-state index is 5.57. The Morgan fingerprint density at radius 2 is 1.72 bits per heavy atom. The van der Waals surface area contributed by atoms with Gasteiger partial charge in [0.15, 0.2) is 0 Å². The molecule has 0 N–H and O–H groups in total. The highest BCUT2D eigenvalue weighted by Crippen LogP contribution is 2.43. The Bertz CT molecular complexity index is 1070. The van der Waals surface area contributed by atoms with Crippen molar-refractivity contribution < 1.29 is 4.42 Å². The lowest BCUT2D eigenvalue weighted by Gasteiger charge is -2.44. The largest absolute Gasteiger partial charge is 0.464 e. The van der Waals surface area contributed by atoms with Crippen LogP contribution >= 0.6 is 12.2 Å². The third kappa shape index (κ3) is 2.37. The molecule has 126 valence electrons. The average molecular weight is 347 g/mol. The van der Waals surface area contributed by atoms with E-state index in [0.717, 1.165) is 26.8 Å². The monoisotopic (exact) mass is 347 g/mol. The van der Waals surface area contributed by atoms with Gasteiger partial charge in [-0.25, -0.2) is 0 Å². The molecular weight excluding hydrogens is 326 g/mol. The average Bonchev–Trinajstić information content (AvgIpc) is 2.59. The molecular formula is C22H21NOS. The minimum absolute atomic E-state index is 0.0392. The molecule has 4 rings (SSSR count). The lowest BCUT2D eigenvalue weighted by atomic mass is 9.66. The van der Waals surface area contributed by atoms with Gasteiger partial charge in [-0.1, -0.05) is 50.3 Å². The van der Waals surface area contributed by atoms with E-state index >= 15 is 0 Å². The second-order valence-electron chi connectivity index (χ2n) is 7.69. The zero-order valence-electron chi connectivity index (χ0n) is 15.0. The van der Waals surface area contributed by atoms with E-state index in [1.807, 2.05) is 12.1 Å². The first-order valence-corrected chi connectivity index (χ1v) is 8.94. The highest BCUT2D eigenvalue weighted by atomic mass is 32.1. The van der Waals surface area contributed by atoms with Crippen LogP contribution in [-0.2, 0) is 5.41 Å². The van der Waals surface area contributed by atoms with Gasteiger partial charge in [-0.2, -0.15) is 0 Å². The van der Waals surface area contributed by atoms with E-state index in [4.69, 9.17) is 21.6 Å². The number of fused-ring (bicyclic) bond motifs is 2. The number of hydrogen-bond donors (Lipinski definition) is 0. The van der Waals surface area contributed by atoms with E-state index in [0.29, 0.717) is 0 Å². The van der Waals surface area contributed by atoms with Crippen molar-refractivity contribution in [1.82, 2.24) is 0 Å². The van der Waals surface area contributed by atoms with Crippen molar-refractivity contribution in [1.29, 1.82) is 0 Å². The molecule has 0 atom stereocenters. The molecule has 0 spiro atoms. The Hall–Kier alpha value is -2.26. The summed E-state index contributed by atoms with van der Waals surface area (Å²) in [5.74, 6) is 0. The molecule has 0 amide bonds. The molecule has 1 aromatic heterocycles. The van der Waals surface area contributed by atoms with Crippen LogP contribution in [0.3, 0.4) is 0 Å². The standard InChI is InChI=1S/C22H21NOS/c1-21(2)17-8-6-5-7-15(17)20(23-22(21,3)4)14-9-10-18-16(13-14)19(25)11-12-24-18/h5-13H,1-4H3. The van der Waals surface area contributed by atoms with Crippen molar-refractivity contribution >= 4 is 28.9 Å². The van der Waals surface area contributed by atoms with Gasteiger partial charge in [0.25, 0.3) is 0 Å². The summed E-state index contributed by atoms with van der Waals surface area (Å²) in [6.45, 7) is 8.95. The van der Waals surface area contributed by atoms with Crippen molar-refractivity contribution in [2.45, 2.75) is 38.6 Å². The van der Waals surface area contributed by atoms with Gasteiger partial charge in [0, 0.05) is 21.9 Å². The number of aliphatic imine (C=N–C) groups is 1. The number of hydrogen-bond acceptors (Lipinski definition) is 3. The molecule has 3 heteroatoms. The van der Waals surface area contributed by atoms with Crippen molar-refractivity contribution in [3.8, 4) is 0 Å². The summed E-state index contributed by atoms with van der Waals surface area (Å²) < 4.78 is 6.37. The molecule has 0 fully saturated rings. The van der Waals surface area contributed by atoms with Gasteiger partial charge in [0.1, 0.15) is 5.58 Å². The van der Waals surface area contributed by atoms with Gasteiger partial charge >= 0.3 is 0 Å². The molecule has 2 aromatic carbocycles. The summed E-state index contributed by atoms with van der Waals surface area (Å²) >= 11 is 5.47. The molecule has 2 nitrogen and oxygen atoms in total. The van der Waals surface area contributed by atoms with Crippen molar-refractivity contribution in [3.05, 3.63) is 76.0 Å². The predicted octanol–water partition coefficient (Wildman–Crippen LogP) is 6.07. The van der Waals surface area contributed by atoms with Gasteiger partial charge in [0.05, 0.1) is 22.0 Å². The lowest BCUT2D eigenvalue weighted by Crippen LogP contribution is -2.46. The molecule has 0 radical (unpaired) electrons. The first-order valence-electron chi connectivity index (χ1n) is 8.53. The maximum atomic E-state index is 5.57. The van der Waals surface area contributed by atoms with Crippen LogP contribution in [0.2, 0.25) is 0 Å². The SMILES string of the molecule is CC1(C)N=C(c2ccc3occc(=S)c3c2)c2ccccc2C1(C)C. The molecule has 2 heterocycles. The molecule has 0 saturated carbocycles. The minimum Gasteiger partial charge on any atom is -0.464 e. The molecule has 3 aromatic rings. The van der Waals surface area contributed by atoms with E-state index < -0.39 is 0 Å². The Morgan fingerprint density at radius 1 is 0.960 bits per heavy atom. The first kappa shape index (κ1) is 16.2. The summed E-state index contributed by atoms with van der Waals surface area (Å²) in [6, 6.07) is 16.6. The van der Waals surface area contributed by atoms with Crippen LogP contribution in [0.4, 0.5) is 0 Å². The molecule has 0 unspecified atom stereocenters. The fourth-order valence-corrected chi connectivity index (χ4v) is 3.71. The summed E-state index contributed by atoms with van der Waals surface area (Å²) in [7, 11) is 0. The Balaban J connectivity index is 2.01. The number of benzene rings is 2.